The maximum atomic E-state index is 12.9. The van der Waals surface area contributed by atoms with Crippen LogP contribution in [-0.2, 0) is 0 Å². The van der Waals surface area contributed by atoms with Gasteiger partial charge in [-0.15, -0.1) is 0 Å². The summed E-state index contributed by atoms with van der Waals surface area (Å²) in [5.74, 6) is -2.22. The van der Waals surface area contributed by atoms with Gasteiger partial charge in [-0.05, 0) is 36.0 Å². The molecular formula is C15H9F7O3S. The minimum absolute atomic E-state index is 0.307. The van der Waals surface area contributed by atoms with E-state index in [-0.39, 0.29) is 5.75 Å². The average molecular weight is 402 g/mol. The zero-order chi connectivity index (χ0) is 19.5. The Hall–Kier alpha value is -2.30. The summed E-state index contributed by atoms with van der Waals surface area (Å²) in [4.78, 5) is -0.485. The van der Waals surface area contributed by atoms with Crippen molar-refractivity contribution in [1.82, 2.24) is 0 Å². The zero-order valence-corrected chi connectivity index (χ0v) is 13.3. The molecule has 0 atom stereocenters. The maximum Gasteiger partial charge on any atom is 0.461 e. The molecular weight excluding hydrogens is 393 g/mol. The van der Waals surface area contributed by atoms with Gasteiger partial charge in [0.1, 0.15) is 11.5 Å². The third-order valence-corrected chi connectivity index (χ3v) is 3.49. The third-order valence-electron chi connectivity index (χ3n) is 2.72. The van der Waals surface area contributed by atoms with Crippen molar-refractivity contribution in [2.75, 3.05) is 0 Å². The normalized spacial score (nSPS) is 12.3. The number of aromatic hydroxyl groups is 1. The van der Waals surface area contributed by atoms with E-state index in [0.29, 0.717) is 0 Å². The Bertz CT molecular complexity index is 765. The number of rotatable bonds is 6. The van der Waals surface area contributed by atoms with E-state index in [4.69, 9.17) is 4.74 Å². The molecule has 0 saturated heterocycles. The molecule has 0 radical (unpaired) electrons. The Balaban J connectivity index is 2.28. The van der Waals surface area contributed by atoms with Crippen LogP contribution in [0.25, 0.3) is 0 Å². The van der Waals surface area contributed by atoms with Crippen molar-refractivity contribution in [2.45, 2.75) is 22.9 Å². The predicted molar refractivity (Wildman–Crippen MR) is 78.1 cm³/mol. The van der Waals surface area contributed by atoms with Crippen LogP contribution in [0.1, 0.15) is 0 Å². The molecule has 26 heavy (non-hydrogen) atoms. The van der Waals surface area contributed by atoms with E-state index in [1.165, 1.54) is 0 Å². The lowest BCUT2D eigenvalue weighted by atomic mass is 10.3. The molecule has 0 amide bonds. The van der Waals surface area contributed by atoms with Crippen LogP contribution < -0.4 is 9.47 Å². The molecule has 142 valence electrons. The van der Waals surface area contributed by atoms with Gasteiger partial charge in [-0.3, -0.25) is 0 Å². The summed E-state index contributed by atoms with van der Waals surface area (Å²) >= 11 is -0.557. The number of hydrogen-bond acceptors (Lipinski definition) is 4. The van der Waals surface area contributed by atoms with Crippen molar-refractivity contribution in [3.8, 4) is 23.0 Å². The molecule has 3 nitrogen and oxygen atoms in total. The molecule has 2 aromatic carbocycles. The van der Waals surface area contributed by atoms with Gasteiger partial charge in [0.05, 0.1) is 4.90 Å². The van der Waals surface area contributed by atoms with Crippen LogP contribution in [0.2, 0.25) is 0 Å². The first-order valence-electron chi connectivity index (χ1n) is 6.68. The molecule has 0 aromatic heterocycles. The molecule has 2 rings (SSSR count). The van der Waals surface area contributed by atoms with Gasteiger partial charge in [0.25, 0.3) is 0 Å². The number of hydrogen-bond donors (Lipinski definition) is 1. The Morgan fingerprint density at radius 2 is 1.54 bits per heavy atom. The molecule has 0 fully saturated rings. The first kappa shape index (κ1) is 20.0. The van der Waals surface area contributed by atoms with Gasteiger partial charge in [-0.1, -0.05) is 12.1 Å². The van der Waals surface area contributed by atoms with Crippen LogP contribution in [0.5, 0.6) is 23.0 Å². The van der Waals surface area contributed by atoms with Gasteiger partial charge >= 0.3 is 18.0 Å². The average Bonchev–Trinajstić information content (AvgIpc) is 2.49. The first-order chi connectivity index (χ1) is 12.0. The summed E-state index contributed by atoms with van der Waals surface area (Å²) in [5.41, 5.74) is -4.67. The summed E-state index contributed by atoms with van der Waals surface area (Å²) in [6.45, 7) is 0. The fourth-order valence-corrected chi connectivity index (χ4v) is 2.37. The van der Waals surface area contributed by atoms with E-state index >= 15 is 0 Å². The summed E-state index contributed by atoms with van der Waals surface area (Å²) in [5, 5.41) is 9.72. The molecule has 11 heteroatoms. The number of ether oxygens (including phenoxy) is 2. The molecule has 0 spiro atoms. The van der Waals surface area contributed by atoms with E-state index in [2.05, 4.69) is 4.74 Å². The standard InChI is InChI=1S/C15H9F7O3S/c16-13(17)14(18,19)25-9-4-1-3-8(7-9)24-12-10(23)5-2-6-11(12)26-15(20,21)22/h1-7,13,23H. The lowest BCUT2D eigenvalue weighted by molar-refractivity contribution is -0.253. The fourth-order valence-electron chi connectivity index (χ4n) is 1.73. The van der Waals surface area contributed by atoms with E-state index in [1.54, 1.807) is 0 Å². The maximum absolute atomic E-state index is 12.9. The topological polar surface area (TPSA) is 38.7 Å². The number of halogens is 7. The van der Waals surface area contributed by atoms with Crippen LogP contribution >= 0.6 is 11.8 Å². The molecule has 2 aromatic rings. The highest BCUT2D eigenvalue weighted by Gasteiger charge is 2.44. The number of phenols is 1. The van der Waals surface area contributed by atoms with Crippen molar-refractivity contribution < 1.29 is 45.3 Å². The largest absolute Gasteiger partial charge is 0.504 e. The van der Waals surface area contributed by atoms with Gasteiger partial charge in [0.15, 0.2) is 11.5 Å². The molecule has 0 saturated carbocycles. The lowest BCUT2D eigenvalue weighted by Crippen LogP contribution is -2.33. The highest BCUT2D eigenvalue weighted by molar-refractivity contribution is 8.00. The van der Waals surface area contributed by atoms with Gasteiger partial charge < -0.3 is 14.6 Å². The van der Waals surface area contributed by atoms with Crippen molar-refractivity contribution >= 4 is 11.8 Å². The fraction of sp³-hybridized carbons (Fsp3) is 0.200. The van der Waals surface area contributed by atoms with Gasteiger partial charge in [0.2, 0.25) is 0 Å². The van der Waals surface area contributed by atoms with Crippen molar-refractivity contribution in [3.05, 3.63) is 42.5 Å². The molecule has 0 bridgehead atoms. The van der Waals surface area contributed by atoms with Gasteiger partial charge in [0, 0.05) is 6.07 Å². The second-order valence-corrected chi connectivity index (χ2v) is 5.80. The quantitative estimate of drug-likeness (QED) is 0.473. The number of para-hydroxylation sites is 1. The Labute approximate surface area is 146 Å². The molecule has 0 aliphatic rings. The SMILES string of the molecule is Oc1cccc(SC(F)(F)F)c1Oc1cccc(OC(F)(F)C(F)F)c1. The van der Waals surface area contributed by atoms with Crippen LogP contribution in [-0.4, -0.2) is 23.1 Å². The second kappa shape index (κ2) is 7.52. The van der Waals surface area contributed by atoms with Crippen LogP contribution in [0.15, 0.2) is 47.4 Å². The molecule has 1 N–H and O–H groups in total. The number of thioether (sulfide) groups is 1. The Morgan fingerprint density at radius 1 is 0.923 bits per heavy atom. The third kappa shape index (κ3) is 5.35. The highest BCUT2D eigenvalue weighted by atomic mass is 32.2. The number of phenolic OH excluding ortho intramolecular Hbond substituents is 1. The molecule has 0 aliphatic carbocycles. The van der Waals surface area contributed by atoms with E-state index in [0.717, 1.165) is 42.5 Å². The minimum atomic E-state index is -4.76. The van der Waals surface area contributed by atoms with Crippen molar-refractivity contribution in [3.63, 3.8) is 0 Å². The van der Waals surface area contributed by atoms with Crippen molar-refractivity contribution in [1.29, 1.82) is 0 Å². The summed E-state index contributed by atoms with van der Waals surface area (Å²) < 4.78 is 96.9. The smallest absolute Gasteiger partial charge is 0.461 e. The number of alkyl halides is 7. The number of benzene rings is 2. The van der Waals surface area contributed by atoms with E-state index in [9.17, 15) is 35.8 Å². The Kier molecular flexibility index (Phi) is 5.79. The van der Waals surface area contributed by atoms with Crippen LogP contribution in [0.3, 0.4) is 0 Å². The monoisotopic (exact) mass is 402 g/mol. The minimum Gasteiger partial charge on any atom is -0.504 e. The highest BCUT2D eigenvalue weighted by Crippen LogP contribution is 2.46. The van der Waals surface area contributed by atoms with Gasteiger partial charge in [-0.25, -0.2) is 0 Å². The van der Waals surface area contributed by atoms with Crippen molar-refractivity contribution in [2.24, 2.45) is 0 Å². The zero-order valence-electron chi connectivity index (χ0n) is 12.4. The van der Waals surface area contributed by atoms with E-state index in [1.807, 2.05) is 0 Å². The Morgan fingerprint density at radius 3 is 2.15 bits per heavy atom. The van der Waals surface area contributed by atoms with E-state index < -0.39 is 51.9 Å². The summed E-state index contributed by atoms with van der Waals surface area (Å²) in [7, 11) is 0. The molecule has 0 aliphatic heterocycles. The predicted octanol–water partition coefficient (Wildman–Crippen LogP) is 6.03. The molecule has 0 unspecified atom stereocenters. The summed E-state index contributed by atoms with van der Waals surface area (Å²) in [6.07, 6.45) is -8.84. The first-order valence-corrected chi connectivity index (χ1v) is 7.50. The van der Waals surface area contributed by atoms with Crippen LogP contribution in [0, 0.1) is 0 Å². The van der Waals surface area contributed by atoms with Crippen LogP contribution in [0.4, 0.5) is 30.7 Å². The second-order valence-electron chi connectivity index (χ2n) is 4.69. The van der Waals surface area contributed by atoms with Gasteiger partial charge in [-0.2, -0.15) is 30.7 Å². The summed E-state index contributed by atoms with van der Waals surface area (Å²) in [6, 6.07) is 7.19. The lowest BCUT2D eigenvalue weighted by Gasteiger charge is -2.18. The molecule has 0 heterocycles.